The van der Waals surface area contributed by atoms with Crippen molar-refractivity contribution in [2.24, 2.45) is 5.92 Å². The van der Waals surface area contributed by atoms with Gasteiger partial charge in [0.1, 0.15) is 0 Å². The minimum Gasteiger partial charge on any atom is -0.341 e. The first-order chi connectivity index (χ1) is 8.16. The lowest BCUT2D eigenvalue weighted by molar-refractivity contribution is 0.496. The summed E-state index contributed by atoms with van der Waals surface area (Å²) in [4.78, 5) is 11.9. The SMILES string of the molecule is Cc1cc(=O)c2sccc2n1C1CCC(C)C1. The van der Waals surface area contributed by atoms with Crippen molar-refractivity contribution in [2.75, 3.05) is 0 Å². The van der Waals surface area contributed by atoms with E-state index in [1.54, 1.807) is 17.4 Å². The maximum atomic E-state index is 11.9. The molecule has 0 aliphatic heterocycles. The van der Waals surface area contributed by atoms with Gasteiger partial charge in [0, 0.05) is 17.8 Å². The molecule has 1 aliphatic carbocycles. The van der Waals surface area contributed by atoms with Gasteiger partial charge in [0.2, 0.25) is 0 Å². The van der Waals surface area contributed by atoms with Crippen LogP contribution in [0.2, 0.25) is 0 Å². The van der Waals surface area contributed by atoms with E-state index in [2.05, 4.69) is 24.5 Å². The number of hydrogen-bond donors (Lipinski definition) is 0. The zero-order valence-electron chi connectivity index (χ0n) is 10.3. The molecule has 0 bridgehead atoms. The largest absolute Gasteiger partial charge is 0.341 e. The summed E-state index contributed by atoms with van der Waals surface area (Å²) in [7, 11) is 0. The molecule has 0 N–H and O–H groups in total. The molecule has 2 aromatic rings. The smallest absolute Gasteiger partial charge is 0.199 e. The number of thiophene rings is 1. The predicted molar refractivity (Wildman–Crippen MR) is 72.9 cm³/mol. The molecule has 2 atom stereocenters. The van der Waals surface area contributed by atoms with Gasteiger partial charge in [-0.1, -0.05) is 6.92 Å². The van der Waals surface area contributed by atoms with Crippen LogP contribution in [0.5, 0.6) is 0 Å². The normalized spacial score (nSPS) is 24.6. The standard InChI is InChI=1S/C14H17NOS/c1-9-3-4-11(7-9)15-10(2)8-13(16)14-12(15)5-6-17-14/h5-6,8-9,11H,3-4,7H2,1-2H3. The van der Waals surface area contributed by atoms with Crippen molar-refractivity contribution in [2.45, 2.75) is 39.2 Å². The maximum Gasteiger partial charge on any atom is 0.199 e. The van der Waals surface area contributed by atoms with Gasteiger partial charge < -0.3 is 4.57 Å². The molecule has 2 heterocycles. The molecular formula is C14H17NOS. The van der Waals surface area contributed by atoms with Gasteiger partial charge in [-0.25, -0.2) is 0 Å². The van der Waals surface area contributed by atoms with Crippen molar-refractivity contribution in [1.29, 1.82) is 0 Å². The zero-order valence-corrected chi connectivity index (χ0v) is 11.1. The minimum absolute atomic E-state index is 0.176. The number of aryl methyl sites for hydroxylation is 1. The Balaban J connectivity index is 2.21. The number of aromatic nitrogens is 1. The molecule has 1 saturated carbocycles. The highest BCUT2D eigenvalue weighted by Crippen LogP contribution is 2.36. The van der Waals surface area contributed by atoms with Gasteiger partial charge in [-0.3, -0.25) is 4.79 Å². The topological polar surface area (TPSA) is 22.0 Å². The Morgan fingerprint density at radius 2 is 2.24 bits per heavy atom. The first-order valence-electron chi connectivity index (χ1n) is 6.26. The summed E-state index contributed by atoms with van der Waals surface area (Å²) >= 11 is 1.56. The van der Waals surface area contributed by atoms with Crippen LogP contribution in [0.15, 0.2) is 22.3 Å². The van der Waals surface area contributed by atoms with E-state index in [-0.39, 0.29) is 5.43 Å². The molecule has 3 rings (SSSR count). The van der Waals surface area contributed by atoms with Crippen molar-refractivity contribution < 1.29 is 0 Å². The summed E-state index contributed by atoms with van der Waals surface area (Å²) in [6.07, 6.45) is 3.80. The average molecular weight is 247 g/mol. The van der Waals surface area contributed by atoms with Crippen LogP contribution in [-0.4, -0.2) is 4.57 Å². The van der Waals surface area contributed by atoms with Gasteiger partial charge in [-0.2, -0.15) is 0 Å². The van der Waals surface area contributed by atoms with E-state index < -0.39 is 0 Å². The molecule has 0 spiro atoms. The number of rotatable bonds is 1. The lowest BCUT2D eigenvalue weighted by atomic mass is 10.1. The highest BCUT2D eigenvalue weighted by atomic mass is 32.1. The summed E-state index contributed by atoms with van der Waals surface area (Å²) in [5.74, 6) is 0.813. The summed E-state index contributed by atoms with van der Waals surface area (Å²) in [5.41, 5.74) is 2.42. The van der Waals surface area contributed by atoms with Crippen LogP contribution in [0, 0.1) is 12.8 Å². The lowest BCUT2D eigenvalue weighted by Gasteiger charge is -2.19. The van der Waals surface area contributed by atoms with Crippen LogP contribution in [0.3, 0.4) is 0 Å². The van der Waals surface area contributed by atoms with E-state index in [0.29, 0.717) is 6.04 Å². The molecule has 0 aromatic carbocycles. The zero-order chi connectivity index (χ0) is 12.0. The van der Waals surface area contributed by atoms with Crippen molar-refractivity contribution in [3.8, 4) is 0 Å². The Kier molecular flexibility index (Phi) is 2.58. The Morgan fingerprint density at radius 1 is 1.41 bits per heavy atom. The minimum atomic E-state index is 0.176. The Morgan fingerprint density at radius 3 is 2.94 bits per heavy atom. The van der Waals surface area contributed by atoms with Crippen molar-refractivity contribution in [3.05, 3.63) is 33.4 Å². The molecule has 17 heavy (non-hydrogen) atoms. The molecule has 2 aromatic heterocycles. The first kappa shape index (κ1) is 11.0. The third-order valence-electron chi connectivity index (χ3n) is 3.88. The fourth-order valence-electron chi connectivity index (χ4n) is 3.09. The van der Waals surface area contributed by atoms with Crippen LogP contribution in [0.4, 0.5) is 0 Å². The molecule has 0 saturated heterocycles. The van der Waals surface area contributed by atoms with Gasteiger partial charge >= 0.3 is 0 Å². The van der Waals surface area contributed by atoms with Gasteiger partial charge in [0.05, 0.1) is 10.2 Å². The number of hydrogen-bond acceptors (Lipinski definition) is 2. The molecule has 3 heteroatoms. The Labute approximate surface area is 105 Å². The second-order valence-corrected chi connectivity index (χ2v) is 6.14. The van der Waals surface area contributed by atoms with Crippen molar-refractivity contribution in [1.82, 2.24) is 4.57 Å². The van der Waals surface area contributed by atoms with E-state index in [0.717, 1.165) is 21.8 Å². The third kappa shape index (κ3) is 1.73. The molecule has 2 unspecified atom stereocenters. The Hall–Kier alpha value is -1.09. The second kappa shape index (κ2) is 3.98. The fourth-order valence-corrected chi connectivity index (χ4v) is 3.88. The summed E-state index contributed by atoms with van der Waals surface area (Å²) in [6.45, 7) is 4.38. The van der Waals surface area contributed by atoms with Crippen LogP contribution >= 0.6 is 11.3 Å². The quantitative estimate of drug-likeness (QED) is 0.752. The molecule has 90 valence electrons. The molecule has 1 aliphatic rings. The van der Waals surface area contributed by atoms with Gasteiger partial charge in [0.15, 0.2) is 5.43 Å². The van der Waals surface area contributed by atoms with Crippen LogP contribution in [-0.2, 0) is 0 Å². The third-order valence-corrected chi connectivity index (χ3v) is 4.80. The van der Waals surface area contributed by atoms with E-state index in [1.165, 1.54) is 19.3 Å². The van der Waals surface area contributed by atoms with E-state index in [9.17, 15) is 4.79 Å². The van der Waals surface area contributed by atoms with Crippen LogP contribution < -0.4 is 5.43 Å². The van der Waals surface area contributed by atoms with E-state index >= 15 is 0 Å². The Bertz CT molecular complexity index is 610. The first-order valence-corrected chi connectivity index (χ1v) is 7.14. The molecule has 0 amide bonds. The highest BCUT2D eigenvalue weighted by Gasteiger charge is 2.24. The number of nitrogens with zero attached hydrogens (tertiary/aromatic N) is 1. The fraction of sp³-hybridized carbons (Fsp3) is 0.500. The average Bonchev–Trinajstić information content (AvgIpc) is 2.87. The number of fused-ring (bicyclic) bond motifs is 1. The van der Waals surface area contributed by atoms with Gasteiger partial charge in [0.25, 0.3) is 0 Å². The van der Waals surface area contributed by atoms with Crippen molar-refractivity contribution >= 4 is 21.6 Å². The van der Waals surface area contributed by atoms with Crippen LogP contribution in [0.1, 0.15) is 37.9 Å². The number of pyridine rings is 1. The molecule has 1 fully saturated rings. The summed E-state index contributed by atoms with van der Waals surface area (Å²) in [5, 5.41) is 2.03. The second-order valence-electron chi connectivity index (χ2n) is 5.23. The highest BCUT2D eigenvalue weighted by molar-refractivity contribution is 7.17. The molecular weight excluding hydrogens is 230 g/mol. The van der Waals surface area contributed by atoms with Crippen LogP contribution in [0.25, 0.3) is 10.2 Å². The molecule has 0 radical (unpaired) electrons. The molecule has 2 nitrogen and oxygen atoms in total. The monoisotopic (exact) mass is 247 g/mol. The summed E-state index contributed by atoms with van der Waals surface area (Å²) in [6, 6.07) is 4.47. The lowest BCUT2D eigenvalue weighted by Crippen LogP contribution is -2.14. The predicted octanol–water partition coefficient (Wildman–Crippen LogP) is 3.73. The van der Waals surface area contributed by atoms with Crippen molar-refractivity contribution in [3.63, 3.8) is 0 Å². The van der Waals surface area contributed by atoms with E-state index in [4.69, 9.17) is 0 Å². The van der Waals surface area contributed by atoms with Gasteiger partial charge in [-0.05, 0) is 43.6 Å². The van der Waals surface area contributed by atoms with Gasteiger partial charge in [-0.15, -0.1) is 11.3 Å². The summed E-state index contributed by atoms with van der Waals surface area (Å²) < 4.78 is 3.30. The maximum absolute atomic E-state index is 11.9. The van der Waals surface area contributed by atoms with E-state index in [1.807, 2.05) is 5.38 Å².